The minimum absolute atomic E-state index is 0.238. The molecular formula is C13H14N4O. The van der Waals surface area contributed by atoms with E-state index in [1.165, 1.54) is 0 Å². The largest absolute Gasteiger partial charge is 0.399 e. The smallest absolute Gasteiger partial charge is 0.266 e. The van der Waals surface area contributed by atoms with E-state index in [4.69, 9.17) is 5.73 Å². The Balaban J connectivity index is 1.84. The highest BCUT2D eigenvalue weighted by Gasteiger charge is 2.03. The number of carbonyl (C=O) groups excluding carboxylic acids is 1. The van der Waals surface area contributed by atoms with Gasteiger partial charge in [0.25, 0.3) is 5.91 Å². The molecule has 0 radical (unpaired) electrons. The summed E-state index contributed by atoms with van der Waals surface area (Å²) in [6.45, 7) is 0. The molecule has 0 saturated heterocycles. The molecule has 0 atom stereocenters. The summed E-state index contributed by atoms with van der Waals surface area (Å²) in [6, 6.07) is 16.1. The number of hydrazine groups is 2. The second-order valence-corrected chi connectivity index (χ2v) is 3.69. The van der Waals surface area contributed by atoms with Crippen LogP contribution in [0.1, 0.15) is 10.4 Å². The summed E-state index contributed by atoms with van der Waals surface area (Å²) in [5, 5.41) is 0. The van der Waals surface area contributed by atoms with Gasteiger partial charge in [0.15, 0.2) is 0 Å². The summed E-state index contributed by atoms with van der Waals surface area (Å²) >= 11 is 0. The number of anilines is 2. The molecule has 1 amide bonds. The van der Waals surface area contributed by atoms with E-state index in [2.05, 4.69) is 16.4 Å². The van der Waals surface area contributed by atoms with Crippen LogP contribution in [-0.4, -0.2) is 5.91 Å². The first kappa shape index (κ1) is 11.9. The number of carbonyl (C=O) groups is 1. The molecule has 0 aliphatic rings. The second-order valence-electron chi connectivity index (χ2n) is 3.69. The fourth-order valence-electron chi connectivity index (χ4n) is 1.39. The van der Waals surface area contributed by atoms with E-state index in [-0.39, 0.29) is 5.91 Å². The number of hydrogen-bond donors (Lipinski definition) is 4. The third-order valence-corrected chi connectivity index (χ3v) is 2.33. The lowest BCUT2D eigenvalue weighted by atomic mass is 10.2. The molecule has 0 aliphatic carbocycles. The van der Waals surface area contributed by atoms with Gasteiger partial charge in [0, 0.05) is 11.3 Å². The summed E-state index contributed by atoms with van der Waals surface area (Å²) < 4.78 is 0. The maximum Gasteiger partial charge on any atom is 0.266 e. The lowest BCUT2D eigenvalue weighted by Gasteiger charge is -2.09. The van der Waals surface area contributed by atoms with Gasteiger partial charge in [-0.25, -0.2) is 0 Å². The van der Waals surface area contributed by atoms with Crippen LogP contribution in [0, 0.1) is 0 Å². The predicted molar refractivity (Wildman–Crippen MR) is 71.5 cm³/mol. The molecule has 0 aliphatic heterocycles. The highest BCUT2D eigenvalue weighted by atomic mass is 16.2. The first-order chi connectivity index (χ1) is 8.75. The normalized spacial score (nSPS) is 9.78. The molecule has 0 fully saturated rings. The van der Waals surface area contributed by atoms with Crippen molar-refractivity contribution in [2.75, 3.05) is 11.2 Å². The molecule has 0 saturated carbocycles. The highest BCUT2D eigenvalue weighted by Crippen LogP contribution is 2.05. The molecule has 0 bridgehead atoms. The lowest BCUT2D eigenvalue weighted by molar-refractivity contribution is 0.0937. The molecule has 0 unspecified atom stereocenters. The van der Waals surface area contributed by atoms with Crippen LogP contribution in [0.15, 0.2) is 54.6 Å². The maximum absolute atomic E-state index is 11.7. The van der Waals surface area contributed by atoms with Crippen molar-refractivity contribution in [2.24, 2.45) is 0 Å². The Morgan fingerprint density at radius 1 is 0.944 bits per heavy atom. The van der Waals surface area contributed by atoms with Gasteiger partial charge in [0.2, 0.25) is 0 Å². The molecule has 5 heteroatoms. The van der Waals surface area contributed by atoms with Crippen LogP contribution >= 0.6 is 0 Å². The molecule has 0 spiro atoms. The van der Waals surface area contributed by atoms with Crippen LogP contribution in [0.5, 0.6) is 0 Å². The van der Waals surface area contributed by atoms with Crippen molar-refractivity contribution in [1.82, 2.24) is 11.0 Å². The van der Waals surface area contributed by atoms with Gasteiger partial charge in [-0.15, -0.1) is 5.53 Å². The molecule has 92 valence electrons. The maximum atomic E-state index is 11.7. The Bertz CT molecular complexity index is 510. The number of hydrogen-bond acceptors (Lipinski definition) is 4. The van der Waals surface area contributed by atoms with Gasteiger partial charge in [-0.2, -0.15) is 0 Å². The zero-order valence-corrected chi connectivity index (χ0v) is 9.68. The quantitative estimate of drug-likeness (QED) is 0.484. The minimum atomic E-state index is -0.238. The Kier molecular flexibility index (Phi) is 3.78. The van der Waals surface area contributed by atoms with Crippen molar-refractivity contribution in [3.63, 3.8) is 0 Å². The Labute approximate surface area is 105 Å². The molecule has 0 heterocycles. The van der Waals surface area contributed by atoms with Gasteiger partial charge in [-0.3, -0.25) is 10.2 Å². The molecule has 5 N–H and O–H groups in total. The summed E-state index contributed by atoms with van der Waals surface area (Å²) in [5.74, 6) is -0.238. The Morgan fingerprint density at radius 2 is 1.61 bits per heavy atom. The van der Waals surface area contributed by atoms with Crippen LogP contribution in [0.4, 0.5) is 11.4 Å². The Hall–Kier alpha value is -2.53. The van der Waals surface area contributed by atoms with Gasteiger partial charge >= 0.3 is 0 Å². The SMILES string of the molecule is Nc1ccc(C(=O)NNNc2ccccc2)cc1. The number of nitrogens with two attached hydrogens (primary N) is 1. The van der Waals surface area contributed by atoms with Crippen molar-refractivity contribution in [3.8, 4) is 0 Å². The number of rotatable bonds is 4. The average molecular weight is 242 g/mol. The summed E-state index contributed by atoms with van der Waals surface area (Å²) in [5.41, 5.74) is 15.6. The number of para-hydroxylation sites is 1. The second kappa shape index (κ2) is 5.70. The van der Waals surface area contributed by atoms with Crippen molar-refractivity contribution < 1.29 is 4.79 Å². The number of amides is 1. The first-order valence-corrected chi connectivity index (χ1v) is 5.47. The Morgan fingerprint density at radius 3 is 2.28 bits per heavy atom. The minimum Gasteiger partial charge on any atom is -0.399 e. The third kappa shape index (κ3) is 3.23. The van der Waals surface area contributed by atoms with Crippen molar-refractivity contribution >= 4 is 17.3 Å². The van der Waals surface area contributed by atoms with Crippen molar-refractivity contribution in [2.45, 2.75) is 0 Å². The first-order valence-electron chi connectivity index (χ1n) is 5.47. The van der Waals surface area contributed by atoms with Crippen molar-refractivity contribution in [1.29, 1.82) is 0 Å². The average Bonchev–Trinajstić information content (AvgIpc) is 2.40. The van der Waals surface area contributed by atoms with E-state index in [9.17, 15) is 4.79 Å². The van der Waals surface area contributed by atoms with Crippen LogP contribution < -0.4 is 22.1 Å². The van der Waals surface area contributed by atoms with Gasteiger partial charge < -0.3 is 11.2 Å². The van der Waals surface area contributed by atoms with E-state index in [1.807, 2.05) is 30.3 Å². The predicted octanol–water partition coefficient (Wildman–Crippen LogP) is 1.53. The fourth-order valence-corrected chi connectivity index (χ4v) is 1.39. The fraction of sp³-hybridized carbons (Fsp3) is 0. The van der Waals surface area contributed by atoms with Crippen LogP contribution in [-0.2, 0) is 0 Å². The number of nitrogen functional groups attached to an aromatic ring is 1. The van der Waals surface area contributed by atoms with Crippen LogP contribution in [0.2, 0.25) is 0 Å². The van der Waals surface area contributed by atoms with Crippen LogP contribution in [0.3, 0.4) is 0 Å². The van der Waals surface area contributed by atoms with Gasteiger partial charge in [-0.1, -0.05) is 18.2 Å². The standard InChI is InChI=1S/C13H14N4O/c14-11-8-6-10(7-9-11)13(18)16-17-15-12-4-2-1-3-5-12/h1-9,15,17H,14H2,(H,16,18). The van der Waals surface area contributed by atoms with Gasteiger partial charge in [0.1, 0.15) is 0 Å². The monoisotopic (exact) mass is 242 g/mol. The summed E-state index contributed by atoms with van der Waals surface area (Å²) in [6.07, 6.45) is 0. The van der Waals surface area contributed by atoms with Gasteiger partial charge in [0.05, 0.1) is 5.69 Å². The highest BCUT2D eigenvalue weighted by molar-refractivity contribution is 5.94. The molecule has 2 rings (SSSR count). The zero-order valence-electron chi connectivity index (χ0n) is 9.68. The van der Waals surface area contributed by atoms with E-state index in [1.54, 1.807) is 24.3 Å². The van der Waals surface area contributed by atoms with E-state index >= 15 is 0 Å². The van der Waals surface area contributed by atoms with Crippen molar-refractivity contribution in [3.05, 3.63) is 60.2 Å². The van der Waals surface area contributed by atoms with Crippen LogP contribution in [0.25, 0.3) is 0 Å². The molecule has 0 aromatic heterocycles. The molecule has 2 aromatic carbocycles. The molecule has 5 nitrogen and oxygen atoms in total. The van der Waals surface area contributed by atoms with E-state index in [0.29, 0.717) is 11.3 Å². The third-order valence-electron chi connectivity index (χ3n) is 2.33. The topological polar surface area (TPSA) is 79.2 Å². The molecule has 2 aromatic rings. The van der Waals surface area contributed by atoms with E-state index in [0.717, 1.165) is 5.69 Å². The molecular weight excluding hydrogens is 228 g/mol. The van der Waals surface area contributed by atoms with E-state index < -0.39 is 0 Å². The summed E-state index contributed by atoms with van der Waals surface area (Å²) in [7, 11) is 0. The molecule has 18 heavy (non-hydrogen) atoms. The number of nitrogens with one attached hydrogen (secondary N) is 3. The number of benzene rings is 2. The van der Waals surface area contributed by atoms with Gasteiger partial charge in [-0.05, 0) is 36.4 Å². The summed E-state index contributed by atoms with van der Waals surface area (Å²) in [4.78, 5) is 11.7. The zero-order chi connectivity index (χ0) is 12.8. The lowest BCUT2D eigenvalue weighted by Crippen LogP contribution is -2.41.